The molecule has 1 atom stereocenters. The van der Waals surface area contributed by atoms with Gasteiger partial charge in [-0.1, -0.05) is 6.07 Å². The van der Waals surface area contributed by atoms with E-state index in [0.717, 1.165) is 12.8 Å². The van der Waals surface area contributed by atoms with Gasteiger partial charge in [-0.25, -0.2) is 13.1 Å². The molecule has 0 bridgehead atoms. The molecular weight excluding hydrogens is 292 g/mol. The summed E-state index contributed by atoms with van der Waals surface area (Å²) < 4.78 is 32.4. The molecule has 7 heteroatoms. The van der Waals surface area contributed by atoms with Crippen LogP contribution in [0.25, 0.3) is 0 Å². The molecule has 1 aliphatic rings. The Balaban J connectivity index is 2.12. The molecule has 0 aliphatic carbocycles. The number of hydrogen-bond acceptors (Lipinski definition) is 4. The maximum atomic E-state index is 12.2. The van der Waals surface area contributed by atoms with E-state index in [1.807, 2.05) is 0 Å². The summed E-state index contributed by atoms with van der Waals surface area (Å²) in [6.07, 6.45) is 1.76. The van der Waals surface area contributed by atoms with Gasteiger partial charge in [0.05, 0.1) is 11.0 Å². The molecule has 1 aromatic rings. The molecule has 1 N–H and O–H groups in total. The summed E-state index contributed by atoms with van der Waals surface area (Å²) in [6.45, 7) is 0.938. The number of carbonyl (C=O) groups excluding carboxylic acids is 1. The summed E-state index contributed by atoms with van der Waals surface area (Å²) in [5.74, 6) is -0.230. The monoisotopic (exact) mass is 312 g/mol. The fourth-order valence-corrected chi connectivity index (χ4v) is 3.26. The van der Waals surface area contributed by atoms with E-state index >= 15 is 0 Å². The third kappa shape index (κ3) is 4.03. The number of hydrogen-bond donors (Lipinski definition) is 1. The van der Waals surface area contributed by atoms with Crippen LogP contribution in [0.4, 0.5) is 0 Å². The fraction of sp³-hybridized carbons (Fsp3) is 0.500. The molecule has 116 valence electrons. The van der Waals surface area contributed by atoms with Gasteiger partial charge in [-0.2, -0.15) is 0 Å². The van der Waals surface area contributed by atoms with Crippen LogP contribution in [0.15, 0.2) is 29.2 Å². The second kappa shape index (κ2) is 6.55. The van der Waals surface area contributed by atoms with Gasteiger partial charge in [-0.15, -0.1) is 0 Å². The summed E-state index contributed by atoms with van der Waals surface area (Å²) in [5, 5.41) is 0. The molecular formula is C14H20N2O4S. The first-order valence-electron chi connectivity index (χ1n) is 6.83. The van der Waals surface area contributed by atoms with Crippen LogP contribution >= 0.6 is 0 Å². The Labute approximate surface area is 125 Å². The minimum absolute atomic E-state index is 0.0636. The van der Waals surface area contributed by atoms with E-state index in [4.69, 9.17) is 4.74 Å². The molecule has 1 saturated heterocycles. The minimum Gasteiger partial charge on any atom is -0.377 e. The first kappa shape index (κ1) is 15.9. The predicted molar refractivity (Wildman–Crippen MR) is 78.6 cm³/mol. The fourth-order valence-electron chi connectivity index (χ4n) is 2.15. The van der Waals surface area contributed by atoms with E-state index in [9.17, 15) is 13.2 Å². The van der Waals surface area contributed by atoms with E-state index in [-0.39, 0.29) is 23.5 Å². The number of rotatable bonds is 5. The molecule has 0 spiro atoms. The lowest BCUT2D eigenvalue weighted by Crippen LogP contribution is -2.32. The van der Waals surface area contributed by atoms with Crippen molar-refractivity contribution in [2.75, 3.05) is 27.2 Å². The lowest BCUT2D eigenvalue weighted by atomic mass is 10.2. The number of ether oxygens (including phenoxy) is 1. The summed E-state index contributed by atoms with van der Waals surface area (Å²) >= 11 is 0. The molecule has 0 aromatic heterocycles. The van der Waals surface area contributed by atoms with E-state index < -0.39 is 10.0 Å². The zero-order valence-electron chi connectivity index (χ0n) is 12.2. The first-order valence-corrected chi connectivity index (χ1v) is 8.31. The zero-order chi connectivity index (χ0) is 15.5. The maximum absolute atomic E-state index is 12.2. The van der Waals surface area contributed by atoms with Gasteiger partial charge in [0.1, 0.15) is 0 Å². The molecule has 1 heterocycles. The SMILES string of the molecule is CN(C)C(=O)c1cccc(S(=O)(=O)NC[C@H]2CCCO2)c1. The van der Waals surface area contributed by atoms with Gasteiger partial charge in [0.2, 0.25) is 10.0 Å². The number of benzene rings is 1. The number of nitrogens with zero attached hydrogens (tertiary/aromatic N) is 1. The van der Waals surface area contributed by atoms with Crippen molar-refractivity contribution in [2.45, 2.75) is 23.8 Å². The average molecular weight is 312 g/mol. The second-order valence-electron chi connectivity index (χ2n) is 5.21. The molecule has 0 saturated carbocycles. The molecule has 1 fully saturated rings. The molecule has 21 heavy (non-hydrogen) atoms. The van der Waals surface area contributed by atoms with E-state index in [1.165, 1.54) is 17.0 Å². The van der Waals surface area contributed by atoms with E-state index in [0.29, 0.717) is 12.2 Å². The lowest BCUT2D eigenvalue weighted by molar-refractivity contribution is 0.0827. The highest BCUT2D eigenvalue weighted by atomic mass is 32.2. The Morgan fingerprint density at radius 3 is 2.81 bits per heavy atom. The Morgan fingerprint density at radius 2 is 2.19 bits per heavy atom. The van der Waals surface area contributed by atoms with Gasteiger partial charge in [0.15, 0.2) is 0 Å². The summed E-state index contributed by atoms with van der Waals surface area (Å²) in [7, 11) is -0.382. The number of amides is 1. The van der Waals surface area contributed by atoms with Crippen molar-refractivity contribution < 1.29 is 17.9 Å². The number of sulfonamides is 1. The van der Waals surface area contributed by atoms with Crippen molar-refractivity contribution in [3.8, 4) is 0 Å². The largest absolute Gasteiger partial charge is 0.377 e. The average Bonchev–Trinajstić information content (AvgIpc) is 2.98. The van der Waals surface area contributed by atoms with Crippen LogP contribution in [0.1, 0.15) is 23.2 Å². The third-order valence-corrected chi connectivity index (χ3v) is 4.74. The Bertz CT molecular complexity index is 607. The third-order valence-electron chi connectivity index (χ3n) is 3.32. The maximum Gasteiger partial charge on any atom is 0.253 e. The Hall–Kier alpha value is -1.44. The van der Waals surface area contributed by atoms with Gasteiger partial charge in [0, 0.05) is 32.8 Å². The van der Waals surface area contributed by atoms with E-state index in [1.54, 1.807) is 26.2 Å². The topological polar surface area (TPSA) is 75.7 Å². The number of carbonyl (C=O) groups is 1. The van der Waals surface area contributed by atoms with Crippen LogP contribution in [-0.4, -0.2) is 52.6 Å². The minimum atomic E-state index is -3.63. The first-order chi connectivity index (χ1) is 9.90. The molecule has 1 aliphatic heterocycles. The van der Waals surface area contributed by atoms with E-state index in [2.05, 4.69) is 4.72 Å². The molecule has 0 radical (unpaired) electrons. The van der Waals surface area contributed by atoms with Crippen molar-refractivity contribution in [2.24, 2.45) is 0 Å². The molecule has 0 unspecified atom stereocenters. The summed E-state index contributed by atoms with van der Waals surface area (Å²) in [4.78, 5) is 13.4. The standard InChI is InChI=1S/C14H20N2O4S/c1-16(2)14(17)11-5-3-7-13(9-11)21(18,19)15-10-12-6-4-8-20-12/h3,5,7,9,12,15H,4,6,8,10H2,1-2H3/t12-/m1/s1. The van der Waals surface area contributed by atoms with Crippen molar-refractivity contribution in [3.05, 3.63) is 29.8 Å². The van der Waals surface area contributed by atoms with Crippen LogP contribution in [0.5, 0.6) is 0 Å². The van der Waals surface area contributed by atoms with Gasteiger partial charge in [0.25, 0.3) is 5.91 Å². The van der Waals surface area contributed by atoms with Crippen LogP contribution in [0.3, 0.4) is 0 Å². The van der Waals surface area contributed by atoms with Crippen molar-refractivity contribution in [1.29, 1.82) is 0 Å². The van der Waals surface area contributed by atoms with Gasteiger partial charge >= 0.3 is 0 Å². The molecule has 6 nitrogen and oxygen atoms in total. The molecule has 2 rings (SSSR count). The lowest BCUT2D eigenvalue weighted by Gasteiger charge is -2.13. The Kier molecular flexibility index (Phi) is 4.97. The highest BCUT2D eigenvalue weighted by molar-refractivity contribution is 7.89. The van der Waals surface area contributed by atoms with Gasteiger partial charge in [-0.05, 0) is 31.0 Å². The Morgan fingerprint density at radius 1 is 1.43 bits per heavy atom. The smallest absolute Gasteiger partial charge is 0.253 e. The van der Waals surface area contributed by atoms with Crippen molar-refractivity contribution in [1.82, 2.24) is 9.62 Å². The van der Waals surface area contributed by atoms with Crippen molar-refractivity contribution >= 4 is 15.9 Å². The quantitative estimate of drug-likeness (QED) is 0.874. The summed E-state index contributed by atoms with van der Waals surface area (Å²) in [6, 6.07) is 6.03. The molecule has 1 amide bonds. The van der Waals surface area contributed by atoms with Gasteiger partial charge < -0.3 is 9.64 Å². The van der Waals surface area contributed by atoms with Crippen molar-refractivity contribution in [3.63, 3.8) is 0 Å². The van der Waals surface area contributed by atoms with Crippen LogP contribution in [-0.2, 0) is 14.8 Å². The van der Waals surface area contributed by atoms with Crippen LogP contribution in [0, 0.1) is 0 Å². The highest BCUT2D eigenvalue weighted by Gasteiger charge is 2.21. The van der Waals surface area contributed by atoms with Crippen LogP contribution < -0.4 is 4.72 Å². The van der Waals surface area contributed by atoms with Gasteiger partial charge in [-0.3, -0.25) is 4.79 Å². The summed E-state index contributed by atoms with van der Waals surface area (Å²) in [5.41, 5.74) is 0.347. The second-order valence-corrected chi connectivity index (χ2v) is 6.98. The highest BCUT2D eigenvalue weighted by Crippen LogP contribution is 2.15. The normalized spacial score (nSPS) is 18.7. The number of nitrogens with one attached hydrogen (secondary N) is 1. The van der Waals surface area contributed by atoms with Crippen LogP contribution in [0.2, 0.25) is 0 Å². The predicted octanol–water partition coefficient (Wildman–Crippen LogP) is 0.846. The molecule has 1 aromatic carbocycles. The zero-order valence-corrected chi connectivity index (χ0v) is 13.0.